The lowest BCUT2D eigenvalue weighted by Gasteiger charge is -2.06. The van der Waals surface area contributed by atoms with Gasteiger partial charge in [0.15, 0.2) is 11.5 Å². The van der Waals surface area contributed by atoms with Gasteiger partial charge in [0.1, 0.15) is 0 Å². The van der Waals surface area contributed by atoms with E-state index in [1.165, 1.54) is 11.3 Å². The van der Waals surface area contributed by atoms with Gasteiger partial charge in [0.2, 0.25) is 0 Å². The van der Waals surface area contributed by atoms with E-state index in [9.17, 15) is 9.59 Å². The molecule has 2 aromatic rings. The molecule has 0 saturated carbocycles. The van der Waals surface area contributed by atoms with E-state index in [1.54, 1.807) is 20.3 Å². The average molecular weight is 351 g/mol. The number of amides is 1. The van der Waals surface area contributed by atoms with Crippen LogP contribution in [0.3, 0.4) is 0 Å². The van der Waals surface area contributed by atoms with Gasteiger partial charge in [0.25, 0.3) is 5.91 Å². The van der Waals surface area contributed by atoms with Gasteiger partial charge in [-0.1, -0.05) is 6.92 Å². The number of benzene rings is 1. The predicted octanol–water partition coefficient (Wildman–Crippen LogP) is 2.99. The van der Waals surface area contributed by atoms with Crippen molar-refractivity contribution in [2.75, 3.05) is 27.4 Å². The molecule has 0 bridgehead atoms. The van der Waals surface area contributed by atoms with Crippen LogP contribution < -0.4 is 14.8 Å². The normalized spacial score (nSPS) is 10.5. The minimum atomic E-state index is -0.303. The molecule has 1 N–H and O–H groups in total. The lowest BCUT2D eigenvalue weighted by atomic mass is 10.2. The first-order chi connectivity index (χ1) is 11.6. The molecule has 0 radical (unpaired) electrons. The summed E-state index contributed by atoms with van der Waals surface area (Å²) < 4.78 is 16.4. The Hall–Kier alpha value is -2.28. The van der Waals surface area contributed by atoms with Crippen LogP contribution >= 0.6 is 11.3 Å². The molecule has 1 aromatic carbocycles. The highest BCUT2D eigenvalue weighted by Crippen LogP contribution is 2.36. The minimum Gasteiger partial charge on any atom is -0.493 e. The van der Waals surface area contributed by atoms with Crippen LogP contribution in [0.5, 0.6) is 11.5 Å². The van der Waals surface area contributed by atoms with Crippen molar-refractivity contribution in [2.45, 2.75) is 19.8 Å². The number of hydrogen-bond donors (Lipinski definition) is 1. The molecule has 0 aliphatic rings. The van der Waals surface area contributed by atoms with Crippen LogP contribution in [-0.4, -0.2) is 39.2 Å². The van der Waals surface area contributed by atoms with Gasteiger partial charge < -0.3 is 19.5 Å². The van der Waals surface area contributed by atoms with Crippen molar-refractivity contribution in [2.24, 2.45) is 0 Å². The number of hydrogen-bond acceptors (Lipinski definition) is 6. The number of esters is 1. The van der Waals surface area contributed by atoms with Gasteiger partial charge in [-0.2, -0.15) is 0 Å². The zero-order chi connectivity index (χ0) is 17.5. The predicted molar refractivity (Wildman–Crippen MR) is 93.1 cm³/mol. The van der Waals surface area contributed by atoms with Gasteiger partial charge in [0, 0.05) is 17.3 Å². The maximum atomic E-state index is 12.2. The molecule has 0 atom stereocenters. The number of carbonyl (C=O) groups is 2. The molecule has 7 heteroatoms. The Kier molecular flexibility index (Phi) is 6.43. The van der Waals surface area contributed by atoms with E-state index in [0.717, 1.165) is 16.5 Å². The SMILES string of the molecule is CCCOC(=O)CCNC(=O)c1cc2cc(OC)c(OC)cc2s1. The zero-order valence-electron chi connectivity index (χ0n) is 14.0. The number of methoxy groups -OCH3 is 2. The van der Waals surface area contributed by atoms with E-state index < -0.39 is 0 Å². The Bertz CT molecular complexity index is 684. The molecular weight excluding hydrogens is 330 g/mol. The molecule has 0 unspecified atom stereocenters. The maximum absolute atomic E-state index is 12.2. The fourth-order valence-electron chi connectivity index (χ4n) is 2.13. The summed E-state index contributed by atoms with van der Waals surface area (Å²) >= 11 is 1.36. The molecule has 1 amide bonds. The van der Waals surface area contributed by atoms with Gasteiger partial charge in [-0.05, 0) is 23.9 Å². The summed E-state index contributed by atoms with van der Waals surface area (Å²) in [4.78, 5) is 24.2. The Morgan fingerprint density at radius 2 is 1.83 bits per heavy atom. The van der Waals surface area contributed by atoms with Crippen molar-refractivity contribution < 1.29 is 23.8 Å². The van der Waals surface area contributed by atoms with E-state index in [0.29, 0.717) is 23.0 Å². The third kappa shape index (κ3) is 4.38. The zero-order valence-corrected chi connectivity index (χ0v) is 14.8. The summed E-state index contributed by atoms with van der Waals surface area (Å²) in [5, 5.41) is 3.64. The number of rotatable bonds is 8. The highest BCUT2D eigenvalue weighted by Gasteiger charge is 2.14. The van der Waals surface area contributed by atoms with Crippen molar-refractivity contribution in [3.8, 4) is 11.5 Å². The largest absolute Gasteiger partial charge is 0.493 e. The summed E-state index contributed by atoms with van der Waals surface area (Å²) in [5.74, 6) is 0.728. The third-order valence-corrected chi connectivity index (χ3v) is 4.42. The lowest BCUT2D eigenvalue weighted by Crippen LogP contribution is -2.25. The van der Waals surface area contributed by atoms with Crippen LogP contribution in [0.1, 0.15) is 29.4 Å². The van der Waals surface area contributed by atoms with Crippen molar-refractivity contribution in [3.05, 3.63) is 23.1 Å². The first kappa shape index (κ1) is 18.1. The van der Waals surface area contributed by atoms with Crippen molar-refractivity contribution >= 4 is 33.3 Å². The van der Waals surface area contributed by atoms with Gasteiger partial charge in [-0.15, -0.1) is 11.3 Å². The Morgan fingerprint density at radius 1 is 1.12 bits per heavy atom. The van der Waals surface area contributed by atoms with Gasteiger partial charge >= 0.3 is 5.97 Å². The molecule has 24 heavy (non-hydrogen) atoms. The molecular formula is C17H21NO5S. The number of nitrogens with one attached hydrogen (secondary N) is 1. The van der Waals surface area contributed by atoms with Crippen LogP contribution in [0.15, 0.2) is 18.2 Å². The van der Waals surface area contributed by atoms with Gasteiger partial charge in [-0.25, -0.2) is 0 Å². The molecule has 130 valence electrons. The van der Waals surface area contributed by atoms with E-state index in [2.05, 4.69) is 5.32 Å². The second-order valence-electron chi connectivity index (χ2n) is 5.08. The maximum Gasteiger partial charge on any atom is 0.307 e. The molecule has 1 heterocycles. The number of fused-ring (bicyclic) bond motifs is 1. The highest BCUT2D eigenvalue weighted by atomic mass is 32.1. The summed E-state index contributed by atoms with van der Waals surface area (Å²) in [7, 11) is 3.14. The summed E-state index contributed by atoms with van der Waals surface area (Å²) in [6.07, 6.45) is 0.949. The van der Waals surface area contributed by atoms with Crippen molar-refractivity contribution in [1.29, 1.82) is 0 Å². The van der Waals surface area contributed by atoms with Crippen LogP contribution in [0.2, 0.25) is 0 Å². The quantitative estimate of drug-likeness (QED) is 0.740. The fourth-order valence-corrected chi connectivity index (χ4v) is 3.12. The average Bonchev–Trinajstić information content (AvgIpc) is 3.01. The topological polar surface area (TPSA) is 73.9 Å². The van der Waals surface area contributed by atoms with Crippen LogP contribution in [0.4, 0.5) is 0 Å². The monoisotopic (exact) mass is 351 g/mol. The van der Waals surface area contributed by atoms with Crippen LogP contribution in [-0.2, 0) is 9.53 Å². The molecule has 0 aliphatic heterocycles. The number of carbonyl (C=O) groups excluding carboxylic acids is 2. The first-order valence-corrected chi connectivity index (χ1v) is 8.50. The second-order valence-corrected chi connectivity index (χ2v) is 6.17. The summed E-state index contributed by atoms with van der Waals surface area (Å²) in [6, 6.07) is 5.48. The van der Waals surface area contributed by atoms with Crippen LogP contribution in [0, 0.1) is 0 Å². The molecule has 2 rings (SSSR count). The van der Waals surface area contributed by atoms with E-state index in [1.807, 2.05) is 19.1 Å². The lowest BCUT2D eigenvalue weighted by molar-refractivity contribution is -0.143. The molecule has 1 aromatic heterocycles. The summed E-state index contributed by atoms with van der Waals surface area (Å²) in [5.41, 5.74) is 0. The Morgan fingerprint density at radius 3 is 2.50 bits per heavy atom. The number of thiophene rings is 1. The highest BCUT2D eigenvalue weighted by molar-refractivity contribution is 7.20. The van der Waals surface area contributed by atoms with Gasteiger partial charge in [0.05, 0.1) is 32.1 Å². The van der Waals surface area contributed by atoms with E-state index in [4.69, 9.17) is 14.2 Å². The minimum absolute atomic E-state index is 0.165. The molecule has 0 saturated heterocycles. The second kappa shape index (κ2) is 8.54. The Labute approximate surface area is 144 Å². The summed E-state index contributed by atoms with van der Waals surface area (Å²) in [6.45, 7) is 2.59. The molecule has 0 fully saturated rings. The van der Waals surface area contributed by atoms with E-state index in [-0.39, 0.29) is 24.8 Å². The van der Waals surface area contributed by atoms with Crippen molar-refractivity contribution in [1.82, 2.24) is 5.32 Å². The first-order valence-electron chi connectivity index (χ1n) is 7.68. The third-order valence-electron chi connectivity index (χ3n) is 3.33. The standard InChI is InChI=1S/C17H21NO5S/c1-4-7-23-16(19)5-6-18-17(20)15-9-11-8-12(21-2)13(22-3)10-14(11)24-15/h8-10H,4-7H2,1-3H3,(H,18,20). The molecule has 0 spiro atoms. The fraction of sp³-hybridized carbons (Fsp3) is 0.412. The number of ether oxygens (including phenoxy) is 3. The van der Waals surface area contributed by atoms with E-state index >= 15 is 0 Å². The molecule has 6 nitrogen and oxygen atoms in total. The van der Waals surface area contributed by atoms with Crippen molar-refractivity contribution in [3.63, 3.8) is 0 Å². The van der Waals surface area contributed by atoms with Gasteiger partial charge in [-0.3, -0.25) is 9.59 Å². The van der Waals surface area contributed by atoms with Crippen LogP contribution in [0.25, 0.3) is 10.1 Å². The Balaban J connectivity index is 2.01. The smallest absolute Gasteiger partial charge is 0.307 e. The molecule has 0 aliphatic carbocycles.